The number of carbonyl (C=O) groups excluding carboxylic acids is 2. The Bertz CT molecular complexity index is 1230. The molecule has 1 aliphatic rings. The summed E-state index contributed by atoms with van der Waals surface area (Å²) in [5, 5.41) is 14.7. The van der Waals surface area contributed by atoms with Crippen molar-refractivity contribution < 1.29 is 24.2 Å². The predicted octanol–water partition coefficient (Wildman–Crippen LogP) is 5.68. The Labute approximate surface area is 208 Å². The number of fused-ring (bicyclic) bond motifs is 3. The zero-order chi connectivity index (χ0) is 24.9. The van der Waals surface area contributed by atoms with Crippen molar-refractivity contribution in [3.05, 3.63) is 88.4 Å². The van der Waals surface area contributed by atoms with E-state index in [1.165, 1.54) is 18.2 Å². The molecule has 35 heavy (non-hydrogen) atoms. The summed E-state index contributed by atoms with van der Waals surface area (Å²) in [5.74, 6) is -1.60. The quantitative estimate of drug-likeness (QED) is 0.375. The smallest absolute Gasteiger partial charge is 0.407 e. The number of carboxylic acid groups (broad SMARTS) is 1. The van der Waals surface area contributed by atoms with Crippen LogP contribution in [0.4, 0.5) is 10.5 Å². The normalized spacial score (nSPS) is 12.9. The fraction of sp³-hybridized carbons (Fsp3) is 0.222. The second-order valence-electron chi connectivity index (χ2n) is 8.33. The Morgan fingerprint density at radius 3 is 2.23 bits per heavy atom. The number of carbonyl (C=O) groups is 3. The van der Waals surface area contributed by atoms with Crippen LogP contribution in [-0.4, -0.2) is 35.7 Å². The van der Waals surface area contributed by atoms with Crippen molar-refractivity contribution in [3.63, 3.8) is 0 Å². The number of carboxylic acids is 1. The first-order valence-electron chi connectivity index (χ1n) is 11.3. The second-order valence-corrected chi connectivity index (χ2v) is 8.73. The van der Waals surface area contributed by atoms with E-state index in [4.69, 9.17) is 16.3 Å². The van der Waals surface area contributed by atoms with E-state index >= 15 is 0 Å². The van der Waals surface area contributed by atoms with Crippen molar-refractivity contribution in [2.24, 2.45) is 0 Å². The molecule has 0 aliphatic heterocycles. The Morgan fingerprint density at radius 2 is 1.63 bits per heavy atom. The fourth-order valence-electron chi connectivity index (χ4n) is 4.31. The van der Waals surface area contributed by atoms with E-state index in [2.05, 4.69) is 22.8 Å². The van der Waals surface area contributed by atoms with E-state index in [0.29, 0.717) is 12.1 Å². The Hall–Kier alpha value is -3.84. The van der Waals surface area contributed by atoms with E-state index in [0.717, 1.165) is 22.3 Å². The Balaban J connectivity index is 1.34. The third-order valence-corrected chi connectivity index (χ3v) is 6.40. The van der Waals surface area contributed by atoms with E-state index in [1.807, 2.05) is 43.3 Å². The minimum Gasteiger partial charge on any atom is -0.478 e. The fourth-order valence-corrected chi connectivity index (χ4v) is 4.51. The van der Waals surface area contributed by atoms with Crippen molar-refractivity contribution in [1.82, 2.24) is 5.32 Å². The Morgan fingerprint density at radius 1 is 1.00 bits per heavy atom. The summed E-state index contributed by atoms with van der Waals surface area (Å²) >= 11 is 5.87. The van der Waals surface area contributed by atoms with Crippen molar-refractivity contribution in [2.75, 3.05) is 11.9 Å². The zero-order valence-corrected chi connectivity index (χ0v) is 19.8. The van der Waals surface area contributed by atoms with Crippen molar-refractivity contribution >= 4 is 35.3 Å². The summed E-state index contributed by atoms with van der Waals surface area (Å²) in [4.78, 5) is 36.3. The van der Waals surface area contributed by atoms with Gasteiger partial charge < -0.3 is 20.5 Å². The number of hydrogen-bond donors (Lipinski definition) is 3. The molecule has 1 aliphatic carbocycles. The highest BCUT2D eigenvalue weighted by Gasteiger charge is 2.29. The average Bonchev–Trinajstić information content (AvgIpc) is 3.17. The molecule has 8 heteroatoms. The lowest BCUT2D eigenvalue weighted by molar-refractivity contribution is -0.116. The summed E-state index contributed by atoms with van der Waals surface area (Å²) < 4.78 is 5.57. The van der Waals surface area contributed by atoms with Crippen LogP contribution < -0.4 is 10.6 Å². The van der Waals surface area contributed by atoms with Crippen LogP contribution in [0.2, 0.25) is 5.02 Å². The van der Waals surface area contributed by atoms with Gasteiger partial charge >= 0.3 is 12.1 Å². The third-order valence-electron chi connectivity index (χ3n) is 6.07. The first-order valence-corrected chi connectivity index (χ1v) is 11.7. The first kappa shape index (κ1) is 24.3. The van der Waals surface area contributed by atoms with Crippen LogP contribution in [0.3, 0.4) is 0 Å². The number of ether oxygens (including phenoxy) is 1. The highest BCUT2D eigenvalue weighted by atomic mass is 35.5. The van der Waals surface area contributed by atoms with Crippen LogP contribution in [0, 0.1) is 0 Å². The topological polar surface area (TPSA) is 105 Å². The molecular weight excluding hydrogens is 468 g/mol. The van der Waals surface area contributed by atoms with Crippen LogP contribution in [0.1, 0.15) is 47.2 Å². The maximum Gasteiger partial charge on any atom is 0.407 e. The summed E-state index contributed by atoms with van der Waals surface area (Å²) in [6.07, 6.45) is -0.0733. The van der Waals surface area contributed by atoms with Crippen LogP contribution >= 0.6 is 11.6 Å². The van der Waals surface area contributed by atoms with Gasteiger partial charge in [-0.2, -0.15) is 0 Å². The molecule has 0 aromatic heterocycles. The number of aromatic carboxylic acids is 1. The van der Waals surface area contributed by atoms with Gasteiger partial charge in [0.15, 0.2) is 0 Å². The molecule has 4 rings (SSSR count). The molecule has 0 unspecified atom stereocenters. The van der Waals surface area contributed by atoms with Crippen LogP contribution in [0.25, 0.3) is 11.1 Å². The number of rotatable bonds is 8. The number of nitrogens with one attached hydrogen (secondary N) is 2. The van der Waals surface area contributed by atoms with Crippen LogP contribution in [0.5, 0.6) is 0 Å². The minimum atomic E-state index is -1.19. The summed E-state index contributed by atoms with van der Waals surface area (Å²) in [6.45, 7) is 2.04. The van der Waals surface area contributed by atoms with E-state index < -0.39 is 18.1 Å². The molecule has 0 saturated carbocycles. The molecule has 0 heterocycles. The van der Waals surface area contributed by atoms with Gasteiger partial charge in [-0.15, -0.1) is 0 Å². The highest BCUT2D eigenvalue weighted by Crippen LogP contribution is 2.44. The molecule has 1 atom stereocenters. The molecule has 0 fully saturated rings. The molecule has 7 nitrogen and oxygen atoms in total. The van der Waals surface area contributed by atoms with Crippen LogP contribution in [-0.2, 0) is 9.53 Å². The first-order chi connectivity index (χ1) is 16.9. The molecule has 2 amide bonds. The van der Waals surface area contributed by atoms with Crippen LogP contribution in [0.15, 0.2) is 66.7 Å². The van der Waals surface area contributed by atoms with Crippen molar-refractivity contribution in [2.45, 2.75) is 31.7 Å². The number of halogens is 1. The molecule has 0 bridgehead atoms. The molecule has 0 saturated heterocycles. The standard InChI is InChI=1S/C27H25ClN2O5/c1-2-16(14-25(31)29-17-11-12-24(28)22(13-17)26(32)33)30-27(34)35-15-23-20-9-5-3-7-18(20)19-8-4-6-10-21(19)23/h3-13,16,23H,2,14-15H2,1H3,(H,29,31)(H,30,34)(H,32,33)/t16-/m1/s1. The number of hydrogen-bond acceptors (Lipinski definition) is 4. The van der Waals surface area contributed by atoms with E-state index in [1.54, 1.807) is 0 Å². The summed E-state index contributed by atoms with van der Waals surface area (Å²) in [5.41, 5.74) is 4.75. The molecule has 0 radical (unpaired) electrons. The lowest BCUT2D eigenvalue weighted by Crippen LogP contribution is -2.38. The van der Waals surface area contributed by atoms with Gasteiger partial charge in [-0.25, -0.2) is 9.59 Å². The monoisotopic (exact) mass is 492 g/mol. The highest BCUT2D eigenvalue weighted by molar-refractivity contribution is 6.33. The SMILES string of the molecule is CC[C@H](CC(=O)Nc1ccc(Cl)c(C(=O)O)c1)NC(=O)OCC1c2ccccc2-c2ccccc21. The summed E-state index contributed by atoms with van der Waals surface area (Å²) in [7, 11) is 0. The third kappa shape index (κ3) is 5.46. The number of anilines is 1. The molecule has 0 spiro atoms. The van der Waals surface area contributed by atoms with Gasteiger partial charge in [-0.3, -0.25) is 4.79 Å². The Kier molecular flexibility index (Phi) is 7.36. The van der Waals surface area contributed by atoms with Gasteiger partial charge in [0.2, 0.25) is 5.91 Å². The lowest BCUT2D eigenvalue weighted by atomic mass is 9.98. The minimum absolute atomic E-state index is 0.00568. The average molecular weight is 493 g/mol. The number of amides is 2. The predicted molar refractivity (Wildman–Crippen MR) is 134 cm³/mol. The molecule has 180 valence electrons. The molecular formula is C27H25ClN2O5. The van der Waals surface area contributed by atoms with Gasteiger partial charge in [-0.05, 0) is 46.9 Å². The van der Waals surface area contributed by atoms with Gasteiger partial charge in [0.25, 0.3) is 0 Å². The maximum absolute atomic E-state index is 12.5. The van der Waals surface area contributed by atoms with E-state index in [9.17, 15) is 19.5 Å². The number of benzene rings is 3. The largest absolute Gasteiger partial charge is 0.478 e. The van der Waals surface area contributed by atoms with Gasteiger partial charge in [-0.1, -0.05) is 67.1 Å². The lowest BCUT2D eigenvalue weighted by Gasteiger charge is -2.19. The molecule has 3 aromatic carbocycles. The zero-order valence-electron chi connectivity index (χ0n) is 19.1. The molecule has 3 N–H and O–H groups in total. The van der Waals surface area contributed by atoms with Crippen molar-refractivity contribution in [1.29, 1.82) is 0 Å². The maximum atomic E-state index is 12.5. The summed E-state index contributed by atoms with van der Waals surface area (Å²) in [6, 6.07) is 20.0. The number of alkyl carbamates (subject to hydrolysis) is 1. The second kappa shape index (κ2) is 10.6. The van der Waals surface area contributed by atoms with Gasteiger partial charge in [0.05, 0.1) is 10.6 Å². The molecule has 3 aromatic rings. The van der Waals surface area contributed by atoms with E-state index in [-0.39, 0.29) is 35.4 Å². The van der Waals surface area contributed by atoms with Crippen molar-refractivity contribution in [3.8, 4) is 11.1 Å². The van der Waals surface area contributed by atoms with Gasteiger partial charge in [0.1, 0.15) is 6.61 Å². The van der Waals surface area contributed by atoms with Gasteiger partial charge in [0, 0.05) is 24.1 Å².